The molecule has 1 N–H and O–H groups in total. The summed E-state index contributed by atoms with van der Waals surface area (Å²) in [6, 6.07) is 22.3. The molecule has 1 aliphatic heterocycles. The smallest absolute Gasteiger partial charge is 0.279 e. The van der Waals surface area contributed by atoms with E-state index < -0.39 is 26.1 Å². The summed E-state index contributed by atoms with van der Waals surface area (Å²) >= 11 is 0. The van der Waals surface area contributed by atoms with Gasteiger partial charge < -0.3 is 0 Å². The fourth-order valence-corrected chi connectivity index (χ4v) is 5.81. The van der Waals surface area contributed by atoms with Crippen molar-refractivity contribution in [1.29, 1.82) is 0 Å². The number of rotatable bonds is 7. The molecule has 172 valence electrons. The van der Waals surface area contributed by atoms with E-state index >= 15 is 0 Å². The van der Waals surface area contributed by atoms with Crippen molar-refractivity contribution in [3.05, 3.63) is 95.6 Å². The number of benzene rings is 3. The maximum Gasteiger partial charge on any atom is 0.279 e. The SMILES string of the molecule is CCS(=O)(=O)Nc1cccc(C2=NN(S(=O)(=O)c3ccccc3)[C@@H](c3cccc(C)c3)C2)c1. The van der Waals surface area contributed by atoms with Crippen LogP contribution < -0.4 is 4.72 Å². The van der Waals surface area contributed by atoms with Crippen molar-refractivity contribution >= 4 is 31.4 Å². The Kier molecular flexibility index (Phi) is 6.27. The first kappa shape index (κ1) is 23.0. The molecule has 1 aliphatic rings. The highest BCUT2D eigenvalue weighted by atomic mass is 32.2. The van der Waals surface area contributed by atoms with E-state index in [0.717, 1.165) is 11.1 Å². The van der Waals surface area contributed by atoms with Crippen LogP contribution in [0.5, 0.6) is 0 Å². The average Bonchev–Trinajstić information content (AvgIpc) is 3.26. The first-order valence-corrected chi connectivity index (χ1v) is 13.6. The van der Waals surface area contributed by atoms with Gasteiger partial charge in [-0.1, -0.05) is 60.2 Å². The van der Waals surface area contributed by atoms with Gasteiger partial charge >= 0.3 is 0 Å². The van der Waals surface area contributed by atoms with E-state index in [2.05, 4.69) is 9.82 Å². The van der Waals surface area contributed by atoms with Crippen LogP contribution in [0.25, 0.3) is 0 Å². The van der Waals surface area contributed by atoms with Gasteiger partial charge in [-0.15, -0.1) is 0 Å². The number of sulfonamides is 2. The highest BCUT2D eigenvalue weighted by Crippen LogP contribution is 2.37. The maximum absolute atomic E-state index is 13.5. The minimum Gasteiger partial charge on any atom is -0.284 e. The van der Waals surface area contributed by atoms with Gasteiger partial charge in [0.15, 0.2) is 0 Å². The van der Waals surface area contributed by atoms with Crippen molar-refractivity contribution in [1.82, 2.24) is 4.41 Å². The van der Waals surface area contributed by atoms with E-state index in [1.807, 2.05) is 31.2 Å². The van der Waals surface area contributed by atoms with Gasteiger partial charge in [-0.3, -0.25) is 4.72 Å². The zero-order valence-corrected chi connectivity index (χ0v) is 20.0. The molecule has 4 rings (SSSR count). The van der Waals surface area contributed by atoms with Crippen LogP contribution in [-0.4, -0.2) is 32.7 Å². The third-order valence-electron chi connectivity index (χ3n) is 5.44. The predicted molar refractivity (Wildman–Crippen MR) is 130 cm³/mol. The molecule has 3 aromatic carbocycles. The van der Waals surface area contributed by atoms with Gasteiger partial charge in [-0.05, 0) is 49.2 Å². The highest BCUT2D eigenvalue weighted by Gasteiger charge is 2.37. The number of hydrogen-bond acceptors (Lipinski definition) is 5. The quantitative estimate of drug-likeness (QED) is 0.542. The van der Waals surface area contributed by atoms with Crippen LogP contribution in [0.4, 0.5) is 5.69 Å². The molecule has 0 saturated carbocycles. The molecule has 1 atom stereocenters. The zero-order chi connectivity index (χ0) is 23.6. The molecule has 0 spiro atoms. The molecule has 0 saturated heterocycles. The van der Waals surface area contributed by atoms with Crippen LogP contribution in [0.3, 0.4) is 0 Å². The molecule has 33 heavy (non-hydrogen) atoms. The Morgan fingerprint density at radius 3 is 2.36 bits per heavy atom. The summed E-state index contributed by atoms with van der Waals surface area (Å²) in [5.74, 6) is -0.0449. The van der Waals surface area contributed by atoms with E-state index in [-0.39, 0.29) is 10.6 Å². The van der Waals surface area contributed by atoms with Crippen LogP contribution in [0.2, 0.25) is 0 Å². The van der Waals surface area contributed by atoms with Gasteiger partial charge in [0, 0.05) is 12.1 Å². The summed E-state index contributed by atoms with van der Waals surface area (Å²) in [5, 5.41) is 4.54. The number of hydrogen-bond donors (Lipinski definition) is 1. The molecule has 0 aliphatic carbocycles. The molecule has 9 heteroatoms. The fourth-order valence-electron chi connectivity index (χ4n) is 3.72. The summed E-state index contributed by atoms with van der Waals surface area (Å²) < 4.78 is 54.7. The second kappa shape index (κ2) is 8.99. The van der Waals surface area contributed by atoms with Crippen molar-refractivity contribution in [3.8, 4) is 0 Å². The predicted octanol–water partition coefficient (Wildman–Crippen LogP) is 4.30. The number of nitrogens with one attached hydrogen (secondary N) is 1. The van der Waals surface area contributed by atoms with Gasteiger partial charge in [0.25, 0.3) is 10.0 Å². The van der Waals surface area contributed by atoms with Crippen molar-refractivity contribution in [3.63, 3.8) is 0 Å². The average molecular weight is 484 g/mol. The Labute approximate surface area is 194 Å². The summed E-state index contributed by atoms with van der Waals surface area (Å²) in [5.41, 5.74) is 3.51. The van der Waals surface area contributed by atoms with Crippen molar-refractivity contribution in [2.24, 2.45) is 5.10 Å². The highest BCUT2D eigenvalue weighted by molar-refractivity contribution is 7.92. The third kappa shape index (κ3) is 4.94. The molecule has 0 aromatic heterocycles. The van der Waals surface area contributed by atoms with Crippen LogP contribution in [0.1, 0.15) is 36.1 Å². The van der Waals surface area contributed by atoms with Gasteiger partial charge in [0.2, 0.25) is 10.0 Å². The normalized spacial score (nSPS) is 16.5. The molecule has 0 radical (unpaired) electrons. The summed E-state index contributed by atoms with van der Waals surface area (Å²) in [6.07, 6.45) is 0.361. The minimum atomic E-state index is -3.90. The number of hydrazone groups is 1. The van der Waals surface area contributed by atoms with Gasteiger partial charge in [0.05, 0.1) is 22.4 Å². The summed E-state index contributed by atoms with van der Waals surface area (Å²) in [7, 11) is -7.34. The molecule has 1 heterocycles. The second-order valence-electron chi connectivity index (χ2n) is 7.86. The van der Waals surface area contributed by atoms with Crippen LogP contribution in [0, 0.1) is 6.92 Å². The number of nitrogens with zero attached hydrogens (tertiary/aromatic N) is 2. The number of anilines is 1. The zero-order valence-electron chi connectivity index (χ0n) is 18.3. The number of aryl methyl sites for hydroxylation is 1. The lowest BCUT2D eigenvalue weighted by Crippen LogP contribution is -2.27. The van der Waals surface area contributed by atoms with Crippen molar-refractivity contribution < 1.29 is 16.8 Å². The summed E-state index contributed by atoms with van der Waals surface area (Å²) in [6.45, 7) is 3.52. The molecule has 7 nitrogen and oxygen atoms in total. The van der Waals surface area contributed by atoms with E-state index in [9.17, 15) is 16.8 Å². The van der Waals surface area contributed by atoms with Crippen molar-refractivity contribution in [2.45, 2.75) is 31.2 Å². The topological polar surface area (TPSA) is 95.9 Å². The Bertz CT molecular complexity index is 1400. The Balaban J connectivity index is 1.77. The van der Waals surface area contributed by atoms with Gasteiger partial charge in [-0.25, -0.2) is 8.42 Å². The van der Waals surface area contributed by atoms with E-state index in [1.54, 1.807) is 61.5 Å². The first-order chi connectivity index (χ1) is 15.7. The second-order valence-corrected chi connectivity index (χ2v) is 11.7. The van der Waals surface area contributed by atoms with Gasteiger partial charge in [0.1, 0.15) is 0 Å². The molecule has 3 aromatic rings. The van der Waals surface area contributed by atoms with Crippen molar-refractivity contribution in [2.75, 3.05) is 10.5 Å². The lowest BCUT2D eigenvalue weighted by atomic mass is 9.98. The molecule has 0 amide bonds. The maximum atomic E-state index is 13.5. The first-order valence-electron chi connectivity index (χ1n) is 10.5. The molecule has 0 bridgehead atoms. The molecular formula is C24H25N3O4S2. The van der Waals surface area contributed by atoms with Crippen LogP contribution in [-0.2, 0) is 20.0 Å². The minimum absolute atomic E-state index is 0.0449. The van der Waals surface area contributed by atoms with Crippen LogP contribution in [0.15, 0.2) is 88.9 Å². The standard InChI is InChI=1S/C24H25N3O4S2/c1-3-32(28,29)26-21-12-8-10-19(16-21)23-17-24(20-11-7-9-18(2)15-20)27(25-23)33(30,31)22-13-5-4-6-14-22/h4-16,24,26H,3,17H2,1-2H3/t24-/m1/s1. The van der Waals surface area contributed by atoms with E-state index in [0.29, 0.717) is 23.4 Å². The molecule has 0 fully saturated rings. The Morgan fingerprint density at radius 1 is 0.939 bits per heavy atom. The Morgan fingerprint density at radius 2 is 1.67 bits per heavy atom. The Hall–Kier alpha value is -3.17. The van der Waals surface area contributed by atoms with Crippen LogP contribution >= 0.6 is 0 Å². The third-order valence-corrected chi connectivity index (χ3v) is 8.44. The summed E-state index contributed by atoms with van der Waals surface area (Å²) in [4.78, 5) is 0.164. The largest absolute Gasteiger partial charge is 0.284 e. The molecular weight excluding hydrogens is 458 g/mol. The monoisotopic (exact) mass is 483 g/mol. The van der Waals surface area contributed by atoms with E-state index in [1.165, 1.54) is 4.41 Å². The van der Waals surface area contributed by atoms with E-state index in [4.69, 9.17) is 0 Å². The molecule has 0 unspecified atom stereocenters. The lowest BCUT2D eigenvalue weighted by Gasteiger charge is -2.23. The fraction of sp³-hybridized carbons (Fsp3) is 0.208. The van der Waals surface area contributed by atoms with Gasteiger partial charge in [-0.2, -0.15) is 17.9 Å². The lowest BCUT2D eigenvalue weighted by molar-refractivity contribution is 0.371.